The van der Waals surface area contributed by atoms with Crippen molar-refractivity contribution in [3.05, 3.63) is 34.9 Å². The van der Waals surface area contributed by atoms with E-state index in [9.17, 15) is 0 Å². The number of nitrogens with zero attached hydrogens (tertiary/aromatic N) is 1. The molecule has 19 heavy (non-hydrogen) atoms. The highest BCUT2D eigenvalue weighted by Crippen LogP contribution is 2.30. The summed E-state index contributed by atoms with van der Waals surface area (Å²) in [5.41, 5.74) is 7.28. The van der Waals surface area contributed by atoms with Gasteiger partial charge in [0.2, 0.25) is 0 Å². The van der Waals surface area contributed by atoms with E-state index in [0.717, 1.165) is 29.9 Å². The molecule has 1 unspecified atom stereocenters. The molecule has 0 amide bonds. The van der Waals surface area contributed by atoms with E-state index in [0.29, 0.717) is 12.6 Å². The van der Waals surface area contributed by atoms with Gasteiger partial charge >= 0.3 is 0 Å². The molecule has 0 aliphatic carbocycles. The molecule has 2 N–H and O–H groups in total. The van der Waals surface area contributed by atoms with Gasteiger partial charge in [0.1, 0.15) is 0 Å². The molecule has 1 aromatic rings. The number of nitrogens with two attached hydrogens (primary N) is 1. The summed E-state index contributed by atoms with van der Waals surface area (Å²) in [6.45, 7) is 7.66. The summed E-state index contributed by atoms with van der Waals surface area (Å²) in [4.78, 5) is 2.53. The molecule has 3 heteroatoms. The molecule has 1 heterocycles. The Kier molecular flexibility index (Phi) is 5.26. The molecule has 0 spiro atoms. The Balaban J connectivity index is 2.01. The zero-order chi connectivity index (χ0) is 13.8. The lowest BCUT2D eigenvalue weighted by atomic mass is 9.86. The number of rotatable bonds is 4. The number of benzene rings is 1. The maximum Gasteiger partial charge on any atom is 0.0470 e. The Morgan fingerprint density at radius 3 is 2.26 bits per heavy atom. The standard InChI is InChI=1S/C16H25ClN2/c1-12(2)13-7-9-19(10-8-13)16(11-18)14-3-5-15(17)6-4-14/h3-6,12-13,16H,7-11,18H2,1-2H3. The van der Waals surface area contributed by atoms with E-state index < -0.39 is 0 Å². The Hall–Kier alpha value is -0.570. The van der Waals surface area contributed by atoms with Crippen molar-refractivity contribution in [3.63, 3.8) is 0 Å². The van der Waals surface area contributed by atoms with Gasteiger partial charge in [-0.05, 0) is 55.5 Å². The predicted molar refractivity (Wildman–Crippen MR) is 82.4 cm³/mol. The van der Waals surface area contributed by atoms with Crippen molar-refractivity contribution in [2.24, 2.45) is 17.6 Å². The van der Waals surface area contributed by atoms with Crippen molar-refractivity contribution >= 4 is 11.6 Å². The molecule has 0 aromatic heterocycles. The summed E-state index contributed by atoms with van der Waals surface area (Å²) in [6.07, 6.45) is 2.59. The van der Waals surface area contributed by atoms with Gasteiger partial charge in [0.25, 0.3) is 0 Å². The first-order valence-electron chi connectivity index (χ1n) is 7.31. The molecule has 2 rings (SSSR count). The smallest absolute Gasteiger partial charge is 0.0470 e. The molecule has 1 aliphatic rings. The van der Waals surface area contributed by atoms with Crippen molar-refractivity contribution < 1.29 is 0 Å². The number of hydrogen-bond donors (Lipinski definition) is 1. The summed E-state index contributed by atoms with van der Waals surface area (Å²) in [5, 5.41) is 0.790. The van der Waals surface area contributed by atoms with E-state index >= 15 is 0 Å². The maximum absolute atomic E-state index is 5.99. The van der Waals surface area contributed by atoms with Crippen LogP contribution in [0.3, 0.4) is 0 Å². The Bertz CT molecular complexity index is 380. The van der Waals surface area contributed by atoms with Gasteiger partial charge in [-0.3, -0.25) is 4.90 Å². The quantitative estimate of drug-likeness (QED) is 0.911. The highest BCUT2D eigenvalue weighted by Gasteiger charge is 2.26. The topological polar surface area (TPSA) is 29.3 Å². The molecule has 1 fully saturated rings. The first kappa shape index (κ1) is 14.8. The van der Waals surface area contributed by atoms with E-state index in [4.69, 9.17) is 17.3 Å². The summed E-state index contributed by atoms with van der Waals surface area (Å²) in [6, 6.07) is 8.47. The summed E-state index contributed by atoms with van der Waals surface area (Å²) >= 11 is 5.95. The third kappa shape index (κ3) is 3.71. The van der Waals surface area contributed by atoms with E-state index in [1.807, 2.05) is 12.1 Å². The van der Waals surface area contributed by atoms with Crippen LogP contribution in [-0.4, -0.2) is 24.5 Å². The van der Waals surface area contributed by atoms with Crippen LogP contribution in [0.2, 0.25) is 5.02 Å². The van der Waals surface area contributed by atoms with Crippen molar-refractivity contribution in [1.82, 2.24) is 4.90 Å². The molecule has 1 atom stereocenters. The maximum atomic E-state index is 5.99. The first-order chi connectivity index (χ1) is 9.11. The third-order valence-electron chi connectivity index (χ3n) is 4.44. The zero-order valence-corrected chi connectivity index (χ0v) is 12.7. The van der Waals surface area contributed by atoms with Crippen LogP contribution in [0.4, 0.5) is 0 Å². The van der Waals surface area contributed by atoms with Gasteiger partial charge in [0.05, 0.1) is 0 Å². The van der Waals surface area contributed by atoms with Gasteiger partial charge in [-0.2, -0.15) is 0 Å². The molecular formula is C16H25ClN2. The molecule has 0 saturated carbocycles. The molecular weight excluding hydrogens is 256 g/mol. The summed E-state index contributed by atoms with van der Waals surface area (Å²) < 4.78 is 0. The van der Waals surface area contributed by atoms with Crippen molar-refractivity contribution in [2.75, 3.05) is 19.6 Å². The minimum absolute atomic E-state index is 0.338. The second kappa shape index (κ2) is 6.74. The minimum atomic E-state index is 0.338. The Morgan fingerprint density at radius 2 is 1.79 bits per heavy atom. The highest BCUT2D eigenvalue weighted by molar-refractivity contribution is 6.30. The molecule has 1 saturated heterocycles. The predicted octanol–water partition coefficient (Wildman–Crippen LogP) is 3.71. The van der Waals surface area contributed by atoms with E-state index in [1.54, 1.807) is 0 Å². The molecule has 0 radical (unpaired) electrons. The molecule has 1 aliphatic heterocycles. The fourth-order valence-electron chi connectivity index (χ4n) is 3.08. The molecule has 106 valence electrons. The molecule has 1 aromatic carbocycles. The number of halogens is 1. The van der Waals surface area contributed by atoms with Crippen molar-refractivity contribution in [3.8, 4) is 0 Å². The lowest BCUT2D eigenvalue weighted by Crippen LogP contribution is -2.40. The second-order valence-corrected chi connectivity index (χ2v) is 6.36. The largest absolute Gasteiger partial charge is 0.329 e. The first-order valence-corrected chi connectivity index (χ1v) is 7.69. The number of hydrogen-bond acceptors (Lipinski definition) is 2. The SMILES string of the molecule is CC(C)C1CCN(C(CN)c2ccc(Cl)cc2)CC1. The Morgan fingerprint density at radius 1 is 1.21 bits per heavy atom. The minimum Gasteiger partial charge on any atom is -0.329 e. The molecule has 0 bridgehead atoms. The number of piperidine rings is 1. The molecule has 2 nitrogen and oxygen atoms in total. The van der Waals surface area contributed by atoms with Crippen molar-refractivity contribution in [2.45, 2.75) is 32.7 Å². The lowest BCUT2D eigenvalue weighted by molar-refractivity contribution is 0.117. The monoisotopic (exact) mass is 280 g/mol. The van der Waals surface area contributed by atoms with Gasteiger partial charge < -0.3 is 5.73 Å². The average Bonchev–Trinajstić information content (AvgIpc) is 2.42. The normalized spacial score (nSPS) is 19.8. The average molecular weight is 281 g/mol. The van der Waals surface area contributed by atoms with Crippen LogP contribution in [0.1, 0.15) is 38.3 Å². The fourth-order valence-corrected chi connectivity index (χ4v) is 3.20. The lowest BCUT2D eigenvalue weighted by Gasteiger charge is -2.38. The van der Waals surface area contributed by atoms with Gasteiger partial charge in [0.15, 0.2) is 0 Å². The van der Waals surface area contributed by atoms with Gasteiger partial charge in [-0.15, -0.1) is 0 Å². The van der Waals surface area contributed by atoms with E-state index in [2.05, 4.69) is 30.9 Å². The van der Waals surface area contributed by atoms with E-state index in [-0.39, 0.29) is 0 Å². The Labute approximate surface area is 121 Å². The van der Waals surface area contributed by atoms with Crippen LogP contribution in [0.5, 0.6) is 0 Å². The third-order valence-corrected chi connectivity index (χ3v) is 4.69. The fraction of sp³-hybridized carbons (Fsp3) is 0.625. The van der Waals surface area contributed by atoms with Crippen molar-refractivity contribution in [1.29, 1.82) is 0 Å². The van der Waals surface area contributed by atoms with Crippen LogP contribution >= 0.6 is 11.6 Å². The van der Waals surface area contributed by atoms with Crippen LogP contribution in [0.25, 0.3) is 0 Å². The summed E-state index contributed by atoms with van der Waals surface area (Å²) in [7, 11) is 0. The van der Waals surface area contributed by atoms with Crippen LogP contribution in [0.15, 0.2) is 24.3 Å². The van der Waals surface area contributed by atoms with Gasteiger partial charge in [0, 0.05) is 17.6 Å². The summed E-state index contributed by atoms with van der Waals surface area (Å²) in [5.74, 6) is 1.67. The number of likely N-dealkylation sites (tertiary alicyclic amines) is 1. The van der Waals surface area contributed by atoms with Crippen LogP contribution in [-0.2, 0) is 0 Å². The highest BCUT2D eigenvalue weighted by atomic mass is 35.5. The van der Waals surface area contributed by atoms with E-state index in [1.165, 1.54) is 18.4 Å². The zero-order valence-electron chi connectivity index (χ0n) is 12.0. The van der Waals surface area contributed by atoms with Gasteiger partial charge in [-0.1, -0.05) is 37.6 Å². The van der Waals surface area contributed by atoms with Gasteiger partial charge in [-0.25, -0.2) is 0 Å². The van der Waals surface area contributed by atoms with Crippen LogP contribution in [0, 0.1) is 11.8 Å². The van der Waals surface area contributed by atoms with Crippen LogP contribution < -0.4 is 5.73 Å². The second-order valence-electron chi connectivity index (χ2n) is 5.92.